The summed E-state index contributed by atoms with van der Waals surface area (Å²) >= 11 is 0. The quantitative estimate of drug-likeness (QED) is 0.509. The Hall–Kier alpha value is -1.82. The molecule has 0 saturated carbocycles. The molecule has 0 aromatic carbocycles. The van der Waals surface area contributed by atoms with Gasteiger partial charge in [-0.15, -0.1) is 13.2 Å². The van der Waals surface area contributed by atoms with Crippen LogP contribution in [0.5, 0.6) is 11.6 Å². The molecular formula is C6H2ClF3N2O6S. The van der Waals surface area contributed by atoms with Crippen LogP contribution in [0.1, 0.15) is 0 Å². The second-order valence-electron chi connectivity index (χ2n) is 2.87. The van der Waals surface area contributed by atoms with E-state index in [0.717, 1.165) is 0 Å². The molecule has 0 unspecified atom stereocenters. The molecule has 0 radical (unpaired) electrons. The summed E-state index contributed by atoms with van der Waals surface area (Å²) in [5.41, 5.74) is -1.29. The summed E-state index contributed by atoms with van der Waals surface area (Å²) in [4.78, 5) is 10.5. The lowest BCUT2D eigenvalue weighted by molar-refractivity contribution is -0.388. The molecule has 0 amide bonds. The smallest absolute Gasteiger partial charge is 0.502 e. The van der Waals surface area contributed by atoms with Gasteiger partial charge in [0.25, 0.3) is 14.9 Å². The van der Waals surface area contributed by atoms with Crippen molar-refractivity contribution in [3.63, 3.8) is 0 Å². The van der Waals surface area contributed by atoms with Crippen molar-refractivity contribution in [1.29, 1.82) is 0 Å². The van der Waals surface area contributed by atoms with Gasteiger partial charge in [-0.2, -0.15) is 0 Å². The average molecular weight is 323 g/mol. The summed E-state index contributed by atoms with van der Waals surface area (Å²) in [6.45, 7) is 0. The molecule has 0 spiro atoms. The number of nitrogens with zero attached hydrogens (tertiary/aromatic N) is 2. The van der Waals surface area contributed by atoms with Crippen molar-refractivity contribution in [2.75, 3.05) is 0 Å². The Morgan fingerprint density at radius 2 is 2.00 bits per heavy atom. The highest BCUT2D eigenvalue weighted by molar-refractivity contribution is 8.14. The molecule has 8 nitrogen and oxygen atoms in total. The van der Waals surface area contributed by atoms with E-state index >= 15 is 0 Å². The lowest BCUT2D eigenvalue weighted by Crippen LogP contribution is -2.18. The Labute approximate surface area is 107 Å². The van der Waals surface area contributed by atoms with Gasteiger partial charge >= 0.3 is 12.0 Å². The minimum atomic E-state index is -5.28. The highest BCUT2D eigenvalue weighted by Gasteiger charge is 2.37. The molecule has 19 heavy (non-hydrogen) atoms. The van der Waals surface area contributed by atoms with Crippen LogP contribution < -0.4 is 4.74 Å². The van der Waals surface area contributed by atoms with Crippen molar-refractivity contribution >= 4 is 25.4 Å². The van der Waals surface area contributed by atoms with Crippen LogP contribution in [0.25, 0.3) is 0 Å². The van der Waals surface area contributed by atoms with Crippen molar-refractivity contribution in [2.24, 2.45) is 0 Å². The van der Waals surface area contributed by atoms with E-state index in [9.17, 15) is 36.8 Å². The fourth-order valence-electron chi connectivity index (χ4n) is 1.01. The van der Waals surface area contributed by atoms with Gasteiger partial charge in [0.1, 0.15) is 6.20 Å². The van der Waals surface area contributed by atoms with Gasteiger partial charge in [-0.25, -0.2) is 13.4 Å². The minimum absolute atomic E-state index is 0.163. The Balaban J connectivity index is 3.56. The van der Waals surface area contributed by atoms with Crippen LogP contribution in [0.4, 0.5) is 18.9 Å². The largest absolute Gasteiger partial charge is 0.574 e. The number of hydrogen-bond acceptors (Lipinski definition) is 7. The number of nitro groups is 1. The number of ether oxygens (including phenoxy) is 1. The fourth-order valence-corrected chi connectivity index (χ4v) is 2.16. The Bertz CT molecular complexity index is 631. The number of alkyl halides is 3. The van der Waals surface area contributed by atoms with E-state index in [-0.39, 0.29) is 6.20 Å². The van der Waals surface area contributed by atoms with E-state index in [1.807, 2.05) is 0 Å². The molecule has 13 heteroatoms. The summed E-state index contributed by atoms with van der Waals surface area (Å²) in [7, 11) is -0.0946. The number of halogens is 4. The maximum absolute atomic E-state index is 11.9. The number of aromatic nitrogens is 1. The Kier molecular flexibility index (Phi) is 3.77. The first-order valence-corrected chi connectivity index (χ1v) is 6.31. The topological polar surface area (TPSA) is 120 Å². The van der Waals surface area contributed by atoms with Gasteiger partial charge < -0.3 is 9.84 Å². The van der Waals surface area contributed by atoms with E-state index in [4.69, 9.17) is 10.7 Å². The molecule has 0 saturated heterocycles. The normalized spacial score (nSPS) is 12.2. The zero-order valence-corrected chi connectivity index (χ0v) is 9.95. The van der Waals surface area contributed by atoms with E-state index in [1.165, 1.54) is 0 Å². The first-order chi connectivity index (χ1) is 8.43. The number of rotatable bonds is 3. The van der Waals surface area contributed by atoms with E-state index < -0.39 is 42.5 Å². The number of aromatic hydroxyl groups is 1. The van der Waals surface area contributed by atoms with Crippen LogP contribution in [-0.4, -0.2) is 29.8 Å². The predicted molar refractivity (Wildman–Crippen MR) is 52.3 cm³/mol. The van der Waals surface area contributed by atoms with Crippen molar-refractivity contribution < 1.29 is 36.4 Å². The third-order valence-corrected chi connectivity index (χ3v) is 2.96. The fraction of sp³-hybridized carbons (Fsp3) is 0.167. The Morgan fingerprint density at radius 3 is 2.37 bits per heavy atom. The predicted octanol–water partition coefficient (Wildman–Crippen LogP) is 1.52. The van der Waals surface area contributed by atoms with Crippen molar-refractivity contribution in [2.45, 2.75) is 11.3 Å². The standard InChI is InChI=1S/C6H2ClF3N2O6S/c7-19(16,17)4-2(12(14)15)1-11-5(3(4)13)18-6(8,9)10/h1,13H. The van der Waals surface area contributed by atoms with Gasteiger partial charge in [0.05, 0.1) is 4.92 Å². The molecule has 1 aromatic heterocycles. The Morgan fingerprint density at radius 1 is 1.47 bits per heavy atom. The van der Waals surface area contributed by atoms with Crippen molar-refractivity contribution in [3.8, 4) is 11.6 Å². The van der Waals surface area contributed by atoms with Gasteiger partial charge in [-0.3, -0.25) is 10.1 Å². The molecule has 1 heterocycles. The molecule has 106 valence electrons. The first kappa shape index (κ1) is 15.2. The third-order valence-electron chi connectivity index (χ3n) is 1.61. The summed E-state index contributed by atoms with van der Waals surface area (Å²) in [6.07, 6.45) is -5.12. The lowest BCUT2D eigenvalue weighted by Gasteiger charge is -2.10. The van der Waals surface area contributed by atoms with E-state index in [1.54, 1.807) is 0 Å². The van der Waals surface area contributed by atoms with Gasteiger partial charge in [0.15, 0.2) is 0 Å². The molecule has 1 aromatic rings. The van der Waals surface area contributed by atoms with Crippen LogP contribution >= 0.6 is 10.7 Å². The highest BCUT2D eigenvalue weighted by atomic mass is 35.7. The average Bonchev–Trinajstić information content (AvgIpc) is 2.16. The van der Waals surface area contributed by atoms with Gasteiger partial charge in [0.2, 0.25) is 10.6 Å². The molecule has 0 aliphatic rings. The third kappa shape index (κ3) is 3.57. The maximum Gasteiger partial charge on any atom is 0.574 e. The highest BCUT2D eigenvalue weighted by Crippen LogP contribution is 2.41. The number of hydrogen-bond donors (Lipinski definition) is 1. The molecule has 0 atom stereocenters. The molecule has 0 aliphatic carbocycles. The van der Waals surface area contributed by atoms with Gasteiger partial charge in [-0.1, -0.05) is 0 Å². The first-order valence-electron chi connectivity index (χ1n) is 4.00. The maximum atomic E-state index is 11.9. The summed E-state index contributed by atoms with van der Waals surface area (Å²) < 4.78 is 61.0. The molecule has 1 N–H and O–H groups in total. The minimum Gasteiger partial charge on any atom is -0.502 e. The van der Waals surface area contributed by atoms with Crippen molar-refractivity contribution in [1.82, 2.24) is 4.98 Å². The SMILES string of the molecule is O=[N+]([O-])c1cnc(OC(F)(F)F)c(O)c1S(=O)(=O)Cl. The molecule has 0 aliphatic heterocycles. The number of pyridine rings is 1. The van der Waals surface area contributed by atoms with Crippen LogP contribution in [0.3, 0.4) is 0 Å². The second-order valence-corrected chi connectivity index (χ2v) is 5.37. The van der Waals surface area contributed by atoms with Crippen LogP contribution in [-0.2, 0) is 9.05 Å². The molecule has 1 rings (SSSR count). The van der Waals surface area contributed by atoms with Crippen molar-refractivity contribution in [3.05, 3.63) is 16.3 Å². The zero-order chi connectivity index (χ0) is 15.0. The van der Waals surface area contributed by atoms with Gasteiger partial charge in [-0.05, 0) is 0 Å². The summed E-state index contributed by atoms with van der Waals surface area (Å²) in [5, 5.41) is 19.7. The molecule has 0 bridgehead atoms. The van der Waals surface area contributed by atoms with Gasteiger partial charge in [0, 0.05) is 10.7 Å². The second kappa shape index (κ2) is 4.70. The van der Waals surface area contributed by atoms with E-state index in [0.29, 0.717) is 0 Å². The molecular weight excluding hydrogens is 321 g/mol. The molecule has 0 fully saturated rings. The lowest BCUT2D eigenvalue weighted by atomic mass is 10.4. The summed E-state index contributed by atoms with van der Waals surface area (Å²) in [6, 6.07) is 0. The van der Waals surface area contributed by atoms with E-state index in [2.05, 4.69) is 9.72 Å². The monoisotopic (exact) mass is 322 g/mol. The van der Waals surface area contributed by atoms with Crippen LogP contribution in [0, 0.1) is 10.1 Å². The zero-order valence-electron chi connectivity index (χ0n) is 8.38. The van der Waals surface area contributed by atoms with Crippen LogP contribution in [0.15, 0.2) is 11.1 Å². The van der Waals surface area contributed by atoms with Crippen LogP contribution in [0.2, 0.25) is 0 Å². The summed E-state index contributed by atoms with van der Waals surface area (Å²) in [5.74, 6) is -3.28.